The third kappa shape index (κ3) is 4.33. The molecule has 1 aliphatic carbocycles. The van der Waals surface area contributed by atoms with E-state index in [1.807, 2.05) is 0 Å². The molecule has 18 heavy (non-hydrogen) atoms. The Morgan fingerprint density at radius 1 is 1.33 bits per heavy atom. The van der Waals surface area contributed by atoms with Gasteiger partial charge in [-0.3, -0.25) is 0 Å². The fraction of sp³-hybridized carbons (Fsp3) is 0.692. The third-order valence-electron chi connectivity index (χ3n) is 3.06. The fourth-order valence-electron chi connectivity index (χ4n) is 1.82. The van der Waals surface area contributed by atoms with Crippen LogP contribution in [0.2, 0.25) is 5.02 Å². The number of aromatic nitrogens is 2. The number of nitrogens with zero attached hydrogens (tertiary/aromatic N) is 2. The highest BCUT2D eigenvalue weighted by Crippen LogP contribution is 2.33. The zero-order valence-electron chi connectivity index (χ0n) is 10.9. The summed E-state index contributed by atoms with van der Waals surface area (Å²) in [5.41, 5.74) is 0. The van der Waals surface area contributed by atoms with Crippen LogP contribution in [0.25, 0.3) is 0 Å². The lowest BCUT2D eigenvalue weighted by Crippen LogP contribution is -2.09. The lowest BCUT2D eigenvalue weighted by atomic mass is 10.2. The van der Waals surface area contributed by atoms with Crippen molar-refractivity contribution in [2.45, 2.75) is 39.0 Å². The van der Waals surface area contributed by atoms with Crippen LogP contribution >= 0.6 is 11.6 Å². The zero-order valence-corrected chi connectivity index (χ0v) is 11.6. The molecule has 0 amide bonds. The molecule has 1 aliphatic rings. The summed E-state index contributed by atoms with van der Waals surface area (Å²) in [6.07, 6.45) is 8.03. The van der Waals surface area contributed by atoms with Crippen LogP contribution in [0, 0.1) is 5.92 Å². The Balaban J connectivity index is 1.80. The number of anilines is 2. The van der Waals surface area contributed by atoms with Crippen LogP contribution in [0.1, 0.15) is 39.0 Å². The van der Waals surface area contributed by atoms with Crippen LogP contribution in [-0.2, 0) is 0 Å². The van der Waals surface area contributed by atoms with Gasteiger partial charge in [-0.15, -0.1) is 0 Å². The van der Waals surface area contributed by atoms with Gasteiger partial charge in [0.1, 0.15) is 10.8 Å². The Hall–Kier alpha value is -1.03. The molecule has 2 rings (SSSR count). The molecule has 2 N–H and O–H groups in total. The molecule has 0 unspecified atom stereocenters. The van der Waals surface area contributed by atoms with Crippen LogP contribution in [0.15, 0.2) is 6.20 Å². The highest BCUT2D eigenvalue weighted by Gasteiger charge is 2.20. The zero-order chi connectivity index (χ0) is 12.8. The number of rotatable bonds is 8. The molecule has 0 atom stereocenters. The summed E-state index contributed by atoms with van der Waals surface area (Å²) >= 11 is 6.07. The number of hydrogen-bond donors (Lipinski definition) is 2. The minimum Gasteiger partial charge on any atom is -0.369 e. The van der Waals surface area contributed by atoms with E-state index < -0.39 is 0 Å². The molecule has 1 aromatic heterocycles. The molecule has 0 spiro atoms. The van der Waals surface area contributed by atoms with E-state index in [0.717, 1.165) is 31.2 Å². The van der Waals surface area contributed by atoms with E-state index >= 15 is 0 Å². The minimum atomic E-state index is 0.587. The Labute approximate surface area is 114 Å². The van der Waals surface area contributed by atoms with Crippen molar-refractivity contribution in [2.24, 2.45) is 5.92 Å². The van der Waals surface area contributed by atoms with Crippen molar-refractivity contribution in [3.63, 3.8) is 0 Å². The predicted octanol–water partition coefficient (Wildman–Crippen LogP) is 3.55. The van der Waals surface area contributed by atoms with Gasteiger partial charge in [-0.05, 0) is 25.2 Å². The number of halogens is 1. The average Bonchev–Trinajstić information content (AvgIpc) is 3.19. The van der Waals surface area contributed by atoms with Gasteiger partial charge in [0, 0.05) is 13.1 Å². The molecule has 0 aromatic carbocycles. The number of hydrogen-bond acceptors (Lipinski definition) is 4. The summed E-state index contributed by atoms with van der Waals surface area (Å²) in [6, 6.07) is 0. The Morgan fingerprint density at radius 2 is 2.17 bits per heavy atom. The maximum absolute atomic E-state index is 6.07. The topological polar surface area (TPSA) is 49.8 Å². The molecule has 0 bridgehead atoms. The molecule has 4 nitrogen and oxygen atoms in total. The summed E-state index contributed by atoms with van der Waals surface area (Å²) in [5.74, 6) is 2.36. The minimum absolute atomic E-state index is 0.587. The van der Waals surface area contributed by atoms with Crippen LogP contribution in [0.3, 0.4) is 0 Å². The van der Waals surface area contributed by atoms with Gasteiger partial charge in [0.2, 0.25) is 5.95 Å². The second-order valence-corrected chi connectivity index (χ2v) is 5.24. The van der Waals surface area contributed by atoms with Gasteiger partial charge < -0.3 is 10.6 Å². The predicted molar refractivity (Wildman–Crippen MR) is 76.3 cm³/mol. The van der Waals surface area contributed by atoms with E-state index in [9.17, 15) is 0 Å². The molecule has 0 saturated heterocycles. The van der Waals surface area contributed by atoms with Crippen LogP contribution < -0.4 is 10.6 Å². The standard InChI is InChI=1S/C13H21ClN4/c1-2-7-16-13-17-9-11(14)12(18-13)15-8-3-4-10-5-6-10/h9-10H,2-8H2,1H3,(H2,15,16,17,18). The summed E-state index contributed by atoms with van der Waals surface area (Å²) in [4.78, 5) is 8.53. The van der Waals surface area contributed by atoms with Crippen LogP contribution in [0.5, 0.6) is 0 Å². The summed E-state index contributed by atoms with van der Waals surface area (Å²) in [5, 5.41) is 7.04. The Kier molecular flexibility index (Phi) is 5.05. The molecule has 1 heterocycles. The van der Waals surface area contributed by atoms with E-state index in [4.69, 9.17) is 11.6 Å². The second-order valence-electron chi connectivity index (χ2n) is 4.83. The molecule has 5 heteroatoms. The monoisotopic (exact) mass is 268 g/mol. The third-order valence-corrected chi connectivity index (χ3v) is 3.33. The first kappa shape index (κ1) is 13.4. The molecule has 0 aliphatic heterocycles. The molecule has 1 saturated carbocycles. The molecular formula is C13H21ClN4. The quantitative estimate of drug-likeness (QED) is 0.708. The van der Waals surface area contributed by atoms with E-state index in [2.05, 4.69) is 27.5 Å². The largest absolute Gasteiger partial charge is 0.369 e. The molecule has 1 aromatic rings. The molecular weight excluding hydrogens is 248 g/mol. The Bertz CT molecular complexity index is 379. The fourth-order valence-corrected chi connectivity index (χ4v) is 1.97. The average molecular weight is 269 g/mol. The maximum Gasteiger partial charge on any atom is 0.224 e. The van der Waals surface area contributed by atoms with E-state index in [1.165, 1.54) is 25.7 Å². The van der Waals surface area contributed by atoms with Crippen LogP contribution in [0.4, 0.5) is 11.8 Å². The number of nitrogens with one attached hydrogen (secondary N) is 2. The smallest absolute Gasteiger partial charge is 0.224 e. The molecule has 100 valence electrons. The van der Waals surface area contributed by atoms with Crippen molar-refractivity contribution >= 4 is 23.4 Å². The second kappa shape index (κ2) is 6.78. The Morgan fingerprint density at radius 3 is 2.89 bits per heavy atom. The molecule has 1 fully saturated rings. The van der Waals surface area contributed by atoms with Crippen molar-refractivity contribution in [1.29, 1.82) is 0 Å². The highest BCUT2D eigenvalue weighted by atomic mass is 35.5. The highest BCUT2D eigenvalue weighted by molar-refractivity contribution is 6.32. The van der Waals surface area contributed by atoms with E-state index in [1.54, 1.807) is 6.20 Å². The van der Waals surface area contributed by atoms with Gasteiger partial charge in [0.25, 0.3) is 0 Å². The van der Waals surface area contributed by atoms with Gasteiger partial charge in [-0.2, -0.15) is 4.98 Å². The van der Waals surface area contributed by atoms with Crippen LogP contribution in [-0.4, -0.2) is 23.1 Å². The first-order valence-corrected chi connectivity index (χ1v) is 7.17. The van der Waals surface area contributed by atoms with Gasteiger partial charge in [-0.1, -0.05) is 31.4 Å². The maximum atomic E-state index is 6.07. The van der Waals surface area contributed by atoms with Gasteiger partial charge in [-0.25, -0.2) is 4.98 Å². The SMILES string of the molecule is CCCNc1ncc(Cl)c(NCCCC2CC2)n1. The van der Waals surface area contributed by atoms with Crippen molar-refractivity contribution in [3.05, 3.63) is 11.2 Å². The summed E-state index contributed by atoms with van der Waals surface area (Å²) < 4.78 is 0. The van der Waals surface area contributed by atoms with E-state index in [-0.39, 0.29) is 0 Å². The van der Waals surface area contributed by atoms with Crippen molar-refractivity contribution in [1.82, 2.24) is 9.97 Å². The molecule has 0 radical (unpaired) electrons. The van der Waals surface area contributed by atoms with Crippen molar-refractivity contribution in [2.75, 3.05) is 23.7 Å². The summed E-state index contributed by atoms with van der Waals surface area (Å²) in [6.45, 7) is 3.92. The van der Waals surface area contributed by atoms with Gasteiger partial charge in [0.15, 0.2) is 0 Å². The van der Waals surface area contributed by atoms with Crippen molar-refractivity contribution < 1.29 is 0 Å². The lowest BCUT2D eigenvalue weighted by molar-refractivity contribution is 0.686. The van der Waals surface area contributed by atoms with Crippen molar-refractivity contribution in [3.8, 4) is 0 Å². The van der Waals surface area contributed by atoms with Gasteiger partial charge in [0.05, 0.1) is 6.20 Å². The summed E-state index contributed by atoms with van der Waals surface area (Å²) in [7, 11) is 0. The first-order valence-electron chi connectivity index (χ1n) is 6.80. The normalized spacial score (nSPS) is 14.6. The lowest BCUT2D eigenvalue weighted by Gasteiger charge is -2.09. The first-order chi connectivity index (χ1) is 8.79. The van der Waals surface area contributed by atoms with Gasteiger partial charge >= 0.3 is 0 Å². The van der Waals surface area contributed by atoms with E-state index in [0.29, 0.717) is 11.0 Å².